The molecule has 1 aliphatic carbocycles. The molecule has 0 bridgehead atoms. The van der Waals surface area contributed by atoms with Gasteiger partial charge in [0.2, 0.25) is 0 Å². The molecule has 1 aromatic carbocycles. The minimum absolute atomic E-state index is 0.0171. The van der Waals surface area contributed by atoms with Crippen molar-refractivity contribution in [2.45, 2.75) is 31.4 Å². The van der Waals surface area contributed by atoms with Gasteiger partial charge in [-0.05, 0) is 62.2 Å². The Morgan fingerprint density at radius 3 is 2.47 bits per heavy atom. The summed E-state index contributed by atoms with van der Waals surface area (Å²) >= 11 is 6.69. The lowest BCUT2D eigenvalue weighted by molar-refractivity contribution is 0.0411. The van der Waals surface area contributed by atoms with Crippen molar-refractivity contribution >= 4 is 31.9 Å². The minimum Gasteiger partial charge on any atom is -0.503 e. The first kappa shape index (κ1) is 15.1. The van der Waals surface area contributed by atoms with Gasteiger partial charge in [0.15, 0.2) is 11.5 Å². The molecule has 0 aromatic heterocycles. The number of benzene rings is 1. The third kappa shape index (κ3) is 2.77. The summed E-state index contributed by atoms with van der Waals surface area (Å²) in [5, 5.41) is 20.2. The maximum atomic E-state index is 10.3. The van der Waals surface area contributed by atoms with Gasteiger partial charge >= 0.3 is 0 Å². The normalized spacial score (nSPS) is 18.8. The lowest BCUT2D eigenvalue weighted by Gasteiger charge is -2.34. The molecular formula is C13H17Br2NO3. The largest absolute Gasteiger partial charge is 0.503 e. The number of hydrogen-bond donors (Lipinski definition) is 3. The number of phenols is 1. The van der Waals surface area contributed by atoms with Gasteiger partial charge in [-0.1, -0.05) is 6.42 Å². The smallest absolute Gasteiger partial charge is 0.173 e. The second kappa shape index (κ2) is 5.99. The van der Waals surface area contributed by atoms with Crippen LogP contribution >= 0.6 is 31.9 Å². The molecule has 1 aliphatic rings. The molecule has 2 rings (SSSR count). The summed E-state index contributed by atoms with van der Waals surface area (Å²) in [6, 6.07) is 1.15. The molecule has 1 fully saturated rings. The first-order chi connectivity index (χ1) is 8.97. The van der Waals surface area contributed by atoms with Gasteiger partial charge in [0, 0.05) is 4.47 Å². The summed E-state index contributed by atoms with van der Waals surface area (Å²) in [5.41, 5.74) is 6.88. The van der Waals surface area contributed by atoms with Crippen LogP contribution in [0, 0.1) is 5.92 Å². The number of aliphatic hydroxyl groups excluding tert-OH is 1. The minimum atomic E-state index is -0.578. The van der Waals surface area contributed by atoms with Crippen LogP contribution < -0.4 is 10.5 Å². The molecule has 0 unspecified atom stereocenters. The SMILES string of the molecule is COc1cc([C@@H](N)[C@@H](O)C2CCC2)c(Br)c(Br)c1O. The summed E-state index contributed by atoms with van der Waals surface area (Å²) in [6.07, 6.45) is 2.61. The third-order valence-corrected chi connectivity index (χ3v) is 5.91. The average Bonchev–Trinajstić information content (AvgIpc) is 2.33. The van der Waals surface area contributed by atoms with E-state index in [2.05, 4.69) is 31.9 Å². The van der Waals surface area contributed by atoms with E-state index < -0.39 is 12.1 Å². The van der Waals surface area contributed by atoms with Crippen molar-refractivity contribution in [3.8, 4) is 11.5 Å². The number of aliphatic hydroxyl groups is 1. The van der Waals surface area contributed by atoms with Gasteiger partial charge in [0.1, 0.15) is 0 Å². The van der Waals surface area contributed by atoms with Crippen LogP contribution in [-0.2, 0) is 0 Å². The van der Waals surface area contributed by atoms with E-state index >= 15 is 0 Å². The molecule has 4 nitrogen and oxygen atoms in total. The van der Waals surface area contributed by atoms with Gasteiger partial charge in [-0.3, -0.25) is 0 Å². The number of rotatable bonds is 4. The maximum absolute atomic E-state index is 10.3. The van der Waals surface area contributed by atoms with Crippen molar-refractivity contribution in [2.75, 3.05) is 7.11 Å². The Kier molecular flexibility index (Phi) is 4.76. The Morgan fingerprint density at radius 1 is 1.37 bits per heavy atom. The van der Waals surface area contributed by atoms with E-state index in [0.717, 1.165) is 24.8 Å². The van der Waals surface area contributed by atoms with Crippen molar-refractivity contribution in [3.05, 3.63) is 20.6 Å². The summed E-state index contributed by atoms with van der Waals surface area (Å²) in [6.45, 7) is 0. The summed E-state index contributed by atoms with van der Waals surface area (Å²) in [7, 11) is 1.48. The third-order valence-electron chi connectivity index (χ3n) is 3.75. The molecule has 4 N–H and O–H groups in total. The molecule has 106 valence electrons. The molecule has 1 saturated carbocycles. The van der Waals surface area contributed by atoms with E-state index in [1.165, 1.54) is 7.11 Å². The number of ether oxygens (including phenoxy) is 1. The zero-order valence-electron chi connectivity index (χ0n) is 10.6. The van der Waals surface area contributed by atoms with Crippen LogP contribution in [0.3, 0.4) is 0 Å². The number of hydrogen-bond acceptors (Lipinski definition) is 4. The predicted molar refractivity (Wildman–Crippen MR) is 80.3 cm³/mol. The first-order valence-electron chi connectivity index (χ1n) is 6.15. The van der Waals surface area contributed by atoms with Crippen LogP contribution in [-0.4, -0.2) is 23.4 Å². The number of halogens is 2. The lowest BCUT2D eigenvalue weighted by Crippen LogP contribution is -2.36. The van der Waals surface area contributed by atoms with Gasteiger partial charge in [0.25, 0.3) is 0 Å². The Morgan fingerprint density at radius 2 is 2.00 bits per heavy atom. The van der Waals surface area contributed by atoms with Crippen LogP contribution in [0.2, 0.25) is 0 Å². The Labute approximate surface area is 129 Å². The van der Waals surface area contributed by atoms with E-state index in [9.17, 15) is 10.2 Å². The van der Waals surface area contributed by atoms with Gasteiger partial charge in [0.05, 0.1) is 23.7 Å². The zero-order valence-corrected chi connectivity index (χ0v) is 13.7. The molecule has 6 heteroatoms. The number of nitrogens with two attached hydrogens (primary N) is 1. The van der Waals surface area contributed by atoms with Crippen molar-refractivity contribution in [2.24, 2.45) is 11.7 Å². The molecule has 0 spiro atoms. The molecule has 1 aromatic rings. The monoisotopic (exact) mass is 393 g/mol. The van der Waals surface area contributed by atoms with E-state index in [0.29, 0.717) is 14.7 Å². The number of phenolic OH excluding ortho intramolecular Hbond substituents is 1. The van der Waals surface area contributed by atoms with Crippen molar-refractivity contribution in [1.29, 1.82) is 0 Å². The van der Waals surface area contributed by atoms with E-state index in [1.54, 1.807) is 6.07 Å². The molecule has 19 heavy (non-hydrogen) atoms. The van der Waals surface area contributed by atoms with Crippen LogP contribution in [0.25, 0.3) is 0 Å². The Bertz CT molecular complexity index is 477. The second-order valence-electron chi connectivity index (χ2n) is 4.85. The predicted octanol–water partition coefficient (Wildman–Crippen LogP) is 3.09. The summed E-state index contributed by atoms with van der Waals surface area (Å²) in [4.78, 5) is 0. The fourth-order valence-electron chi connectivity index (χ4n) is 2.27. The van der Waals surface area contributed by atoms with E-state index in [1.807, 2.05) is 0 Å². The maximum Gasteiger partial charge on any atom is 0.173 e. The molecular weight excluding hydrogens is 378 g/mol. The highest BCUT2D eigenvalue weighted by Gasteiger charge is 2.32. The second-order valence-corrected chi connectivity index (χ2v) is 6.44. The van der Waals surface area contributed by atoms with Crippen molar-refractivity contribution in [1.82, 2.24) is 0 Å². The molecule has 0 radical (unpaired) electrons. The van der Waals surface area contributed by atoms with Crippen LogP contribution in [0.5, 0.6) is 11.5 Å². The fourth-order valence-corrected chi connectivity index (χ4v) is 3.26. The fraction of sp³-hybridized carbons (Fsp3) is 0.538. The molecule has 2 atom stereocenters. The Hall–Kier alpha value is -0.300. The average molecular weight is 395 g/mol. The van der Waals surface area contributed by atoms with Crippen molar-refractivity contribution in [3.63, 3.8) is 0 Å². The van der Waals surface area contributed by atoms with Gasteiger partial charge in [-0.15, -0.1) is 0 Å². The number of methoxy groups -OCH3 is 1. The van der Waals surface area contributed by atoms with Gasteiger partial charge < -0.3 is 20.7 Å². The van der Waals surface area contributed by atoms with Gasteiger partial charge in [-0.2, -0.15) is 0 Å². The van der Waals surface area contributed by atoms with Crippen LogP contribution in [0.15, 0.2) is 15.0 Å². The summed E-state index contributed by atoms with van der Waals surface area (Å²) < 4.78 is 6.25. The standard InChI is InChI=1S/C13H17Br2NO3/c1-19-8-5-7(9(14)10(15)13(8)18)11(16)12(17)6-3-2-4-6/h5-6,11-12,17-18H,2-4,16H2,1H3/t11-,12+/m1/s1. The Balaban J connectivity index is 2.35. The summed E-state index contributed by atoms with van der Waals surface area (Å²) in [5.74, 6) is 0.616. The molecule has 0 amide bonds. The van der Waals surface area contributed by atoms with Crippen LogP contribution in [0.1, 0.15) is 30.9 Å². The highest BCUT2D eigenvalue weighted by molar-refractivity contribution is 9.13. The zero-order chi connectivity index (χ0) is 14.2. The van der Waals surface area contributed by atoms with Crippen LogP contribution in [0.4, 0.5) is 0 Å². The highest BCUT2D eigenvalue weighted by Crippen LogP contribution is 2.45. The van der Waals surface area contributed by atoms with E-state index in [-0.39, 0.29) is 11.7 Å². The number of aromatic hydroxyl groups is 1. The van der Waals surface area contributed by atoms with Crippen molar-refractivity contribution < 1.29 is 14.9 Å². The quantitative estimate of drug-likeness (QED) is 0.733. The van der Waals surface area contributed by atoms with E-state index in [4.69, 9.17) is 10.5 Å². The molecule has 0 saturated heterocycles. The lowest BCUT2D eigenvalue weighted by atomic mass is 9.77. The topological polar surface area (TPSA) is 75.7 Å². The molecule has 0 aliphatic heterocycles. The highest BCUT2D eigenvalue weighted by atomic mass is 79.9. The first-order valence-corrected chi connectivity index (χ1v) is 7.74. The molecule has 0 heterocycles. The van der Waals surface area contributed by atoms with Gasteiger partial charge in [-0.25, -0.2) is 0 Å².